The molecule has 2 unspecified atom stereocenters. The van der Waals surface area contributed by atoms with Gasteiger partial charge in [0.2, 0.25) is 0 Å². The average molecular weight is 323 g/mol. The van der Waals surface area contributed by atoms with Crippen LogP contribution in [0.25, 0.3) is 0 Å². The fraction of sp³-hybridized carbons (Fsp3) is 0.417. The zero-order chi connectivity index (χ0) is 13.2. The van der Waals surface area contributed by atoms with Crippen molar-refractivity contribution in [2.24, 2.45) is 11.7 Å². The minimum Gasteiger partial charge on any atom is -0.321 e. The van der Waals surface area contributed by atoms with Crippen molar-refractivity contribution in [3.8, 4) is 0 Å². The Hall–Kier alpha value is -0.450. The maximum absolute atomic E-state index is 13.8. The van der Waals surface area contributed by atoms with Crippen LogP contribution in [0.1, 0.15) is 30.6 Å². The summed E-state index contributed by atoms with van der Waals surface area (Å²) in [5.41, 5.74) is 5.74. The number of nitrogens with two attached hydrogens (primary N) is 1. The van der Waals surface area contributed by atoms with E-state index < -0.39 is 17.6 Å². The molecule has 17 heavy (non-hydrogen) atoms. The van der Waals surface area contributed by atoms with Gasteiger partial charge in [-0.2, -0.15) is 0 Å². The summed E-state index contributed by atoms with van der Waals surface area (Å²) in [6.07, 6.45) is 0.763. The van der Waals surface area contributed by atoms with Crippen LogP contribution in [0, 0.1) is 11.7 Å². The Morgan fingerprint density at radius 2 is 2.18 bits per heavy atom. The first-order valence-corrected chi connectivity index (χ1v) is 6.50. The Bertz CT molecular complexity index is 439. The van der Waals surface area contributed by atoms with Gasteiger partial charge in [0, 0.05) is 4.47 Å². The number of halogens is 3. The number of benzene rings is 1. The van der Waals surface area contributed by atoms with Gasteiger partial charge >= 0.3 is 0 Å². The highest BCUT2D eigenvalue weighted by Crippen LogP contribution is 2.28. The van der Waals surface area contributed by atoms with Crippen LogP contribution in [0.4, 0.5) is 4.39 Å². The van der Waals surface area contributed by atoms with Crippen molar-refractivity contribution in [1.82, 2.24) is 0 Å². The summed E-state index contributed by atoms with van der Waals surface area (Å²) in [4.78, 5) is 12.0. The van der Waals surface area contributed by atoms with Gasteiger partial charge in [-0.15, -0.1) is 0 Å². The van der Waals surface area contributed by atoms with Gasteiger partial charge in [0.25, 0.3) is 0 Å². The largest absolute Gasteiger partial charge is 0.321 e. The molecule has 1 aromatic carbocycles. The second-order valence-corrected chi connectivity index (χ2v) is 5.23. The molecule has 0 saturated carbocycles. The molecule has 94 valence electrons. The highest BCUT2D eigenvalue weighted by Gasteiger charge is 2.25. The van der Waals surface area contributed by atoms with Crippen LogP contribution in [0.3, 0.4) is 0 Å². The molecule has 0 saturated heterocycles. The van der Waals surface area contributed by atoms with Crippen molar-refractivity contribution in [3.05, 3.63) is 33.0 Å². The number of rotatable bonds is 4. The lowest BCUT2D eigenvalue weighted by atomic mass is 9.92. The fourth-order valence-electron chi connectivity index (χ4n) is 1.41. The summed E-state index contributed by atoms with van der Waals surface area (Å²) in [7, 11) is 0. The van der Waals surface area contributed by atoms with E-state index in [2.05, 4.69) is 15.9 Å². The van der Waals surface area contributed by atoms with Crippen molar-refractivity contribution in [3.63, 3.8) is 0 Å². The third-order valence-electron chi connectivity index (χ3n) is 2.86. The molecule has 2 atom stereocenters. The van der Waals surface area contributed by atoms with Gasteiger partial charge in [-0.05, 0) is 34.0 Å². The van der Waals surface area contributed by atoms with Crippen LogP contribution in [-0.4, -0.2) is 11.8 Å². The van der Waals surface area contributed by atoms with Crippen LogP contribution >= 0.6 is 27.5 Å². The van der Waals surface area contributed by atoms with E-state index in [4.69, 9.17) is 17.3 Å². The lowest BCUT2D eigenvalue weighted by Gasteiger charge is -2.17. The molecule has 1 rings (SSSR count). The van der Waals surface area contributed by atoms with Gasteiger partial charge in [-0.3, -0.25) is 4.79 Å². The molecule has 0 heterocycles. The fourth-order valence-corrected chi connectivity index (χ4v) is 1.88. The lowest BCUT2D eigenvalue weighted by Crippen LogP contribution is -2.37. The molecule has 0 aliphatic rings. The van der Waals surface area contributed by atoms with Gasteiger partial charge in [0.1, 0.15) is 0 Å². The molecule has 0 bridgehead atoms. The first-order valence-electron chi connectivity index (χ1n) is 5.33. The number of hydrogen-bond acceptors (Lipinski definition) is 2. The number of hydrogen-bond donors (Lipinski definition) is 1. The summed E-state index contributed by atoms with van der Waals surface area (Å²) in [6.45, 7) is 3.80. The molecule has 0 aliphatic heterocycles. The van der Waals surface area contributed by atoms with E-state index in [-0.39, 0.29) is 16.5 Å². The Kier molecular flexibility index (Phi) is 5.10. The van der Waals surface area contributed by atoms with Crippen molar-refractivity contribution >= 4 is 33.3 Å². The monoisotopic (exact) mass is 321 g/mol. The van der Waals surface area contributed by atoms with Crippen LogP contribution < -0.4 is 5.73 Å². The van der Waals surface area contributed by atoms with E-state index in [1.165, 1.54) is 6.07 Å². The predicted octanol–water partition coefficient (Wildman–Crippen LogP) is 3.80. The van der Waals surface area contributed by atoms with E-state index >= 15 is 0 Å². The second kappa shape index (κ2) is 5.94. The third-order valence-corrected chi connectivity index (χ3v) is 4.12. The van der Waals surface area contributed by atoms with Crippen molar-refractivity contribution in [2.45, 2.75) is 26.3 Å². The standard InChI is InChI=1S/C12H14BrClFNO/c1-3-6(2)11(16)12(17)7-4-5-8(13)9(14)10(7)15/h4-6,11H,3,16H2,1-2H3. The summed E-state index contributed by atoms with van der Waals surface area (Å²) in [5.74, 6) is -1.12. The molecule has 0 radical (unpaired) electrons. The molecule has 2 nitrogen and oxygen atoms in total. The van der Waals surface area contributed by atoms with Gasteiger partial charge in [0.05, 0.1) is 16.6 Å². The summed E-state index contributed by atoms with van der Waals surface area (Å²) < 4.78 is 14.2. The number of Topliss-reactive ketones (excluding diaryl/α,β-unsaturated/α-hetero) is 1. The first kappa shape index (κ1) is 14.6. The minimum atomic E-state index is -0.718. The molecule has 0 spiro atoms. The number of carbonyl (C=O) groups is 1. The van der Waals surface area contributed by atoms with E-state index in [1.54, 1.807) is 6.07 Å². The molecule has 0 aliphatic carbocycles. The lowest BCUT2D eigenvalue weighted by molar-refractivity contribution is 0.0931. The summed E-state index contributed by atoms with van der Waals surface area (Å²) >= 11 is 8.82. The number of ketones is 1. The van der Waals surface area contributed by atoms with Crippen LogP contribution in [0.15, 0.2) is 16.6 Å². The summed E-state index contributed by atoms with van der Waals surface area (Å²) in [5, 5.41) is -0.0906. The Morgan fingerprint density at radius 1 is 1.59 bits per heavy atom. The average Bonchev–Trinajstić information content (AvgIpc) is 2.33. The maximum Gasteiger partial charge on any atom is 0.182 e. The molecule has 0 fully saturated rings. The molecule has 2 N–H and O–H groups in total. The van der Waals surface area contributed by atoms with E-state index in [1.807, 2.05) is 13.8 Å². The van der Waals surface area contributed by atoms with Gasteiger partial charge in [-0.1, -0.05) is 31.9 Å². The normalized spacial score (nSPS) is 14.5. The van der Waals surface area contributed by atoms with E-state index in [0.29, 0.717) is 4.47 Å². The van der Waals surface area contributed by atoms with Crippen LogP contribution in [0.2, 0.25) is 5.02 Å². The van der Waals surface area contributed by atoms with Gasteiger partial charge in [0.15, 0.2) is 11.6 Å². The Labute approximate surface area is 113 Å². The zero-order valence-electron chi connectivity index (χ0n) is 9.64. The molecule has 1 aromatic rings. The first-order chi connectivity index (χ1) is 7.90. The third kappa shape index (κ3) is 3.06. The smallest absolute Gasteiger partial charge is 0.182 e. The quantitative estimate of drug-likeness (QED) is 0.677. The second-order valence-electron chi connectivity index (χ2n) is 4.00. The molecule has 5 heteroatoms. The molecule has 0 amide bonds. The van der Waals surface area contributed by atoms with Crippen molar-refractivity contribution in [1.29, 1.82) is 0 Å². The van der Waals surface area contributed by atoms with Crippen LogP contribution in [0.5, 0.6) is 0 Å². The topological polar surface area (TPSA) is 43.1 Å². The zero-order valence-corrected chi connectivity index (χ0v) is 12.0. The van der Waals surface area contributed by atoms with E-state index in [0.717, 1.165) is 6.42 Å². The Morgan fingerprint density at radius 3 is 2.71 bits per heavy atom. The molecule has 0 aromatic heterocycles. The number of carbonyl (C=O) groups excluding carboxylic acids is 1. The highest BCUT2D eigenvalue weighted by molar-refractivity contribution is 9.10. The Balaban J connectivity index is 3.09. The highest BCUT2D eigenvalue weighted by atomic mass is 79.9. The van der Waals surface area contributed by atoms with E-state index in [9.17, 15) is 9.18 Å². The van der Waals surface area contributed by atoms with Crippen molar-refractivity contribution in [2.75, 3.05) is 0 Å². The van der Waals surface area contributed by atoms with Crippen LogP contribution in [-0.2, 0) is 0 Å². The van der Waals surface area contributed by atoms with Crippen molar-refractivity contribution < 1.29 is 9.18 Å². The summed E-state index contributed by atoms with van der Waals surface area (Å²) in [6, 6.07) is 2.24. The SMILES string of the molecule is CCC(C)C(N)C(=O)c1ccc(Br)c(Cl)c1F. The molecular weight excluding hydrogens is 308 g/mol. The molecular formula is C12H14BrClFNO. The van der Waals surface area contributed by atoms with Gasteiger partial charge < -0.3 is 5.73 Å². The maximum atomic E-state index is 13.8. The minimum absolute atomic E-state index is 0.00400. The van der Waals surface area contributed by atoms with Gasteiger partial charge in [-0.25, -0.2) is 4.39 Å². The predicted molar refractivity (Wildman–Crippen MR) is 70.9 cm³/mol.